The largest absolute Gasteiger partial charge is 0.416 e. The highest BCUT2D eigenvalue weighted by Crippen LogP contribution is 2.29. The van der Waals surface area contributed by atoms with Crippen LogP contribution in [0.25, 0.3) is 0 Å². The zero-order chi connectivity index (χ0) is 15.5. The van der Waals surface area contributed by atoms with Gasteiger partial charge in [0.05, 0.1) is 5.56 Å². The number of carbonyl (C=O) groups is 1. The van der Waals surface area contributed by atoms with Gasteiger partial charge in [-0.2, -0.15) is 13.2 Å². The number of hydrogen-bond acceptors (Lipinski definition) is 4. The number of hydrogen-bond donors (Lipinski definition) is 0. The lowest BCUT2D eigenvalue weighted by Crippen LogP contribution is -2.09. The molecule has 0 spiro atoms. The minimum Gasteiger partial charge on any atom is -0.294 e. The lowest BCUT2D eigenvalue weighted by molar-refractivity contribution is -0.137. The Balaban J connectivity index is 2.16. The van der Waals surface area contributed by atoms with E-state index in [0.717, 1.165) is 12.1 Å². The maximum Gasteiger partial charge on any atom is 0.416 e. The van der Waals surface area contributed by atoms with Gasteiger partial charge in [0.25, 0.3) is 0 Å². The van der Waals surface area contributed by atoms with Crippen LogP contribution in [0.5, 0.6) is 0 Å². The fourth-order valence-corrected chi connectivity index (χ4v) is 2.01. The molecule has 0 N–H and O–H groups in total. The summed E-state index contributed by atoms with van der Waals surface area (Å²) in [5.41, 5.74) is -0.240. The Labute approximate surface area is 123 Å². The first-order valence-corrected chi connectivity index (χ1v) is 7.18. The van der Waals surface area contributed by atoms with E-state index in [0.29, 0.717) is 10.7 Å². The van der Waals surface area contributed by atoms with Gasteiger partial charge in [-0.3, -0.25) is 4.79 Å². The number of thioether (sulfide) groups is 1. The van der Waals surface area contributed by atoms with Crippen LogP contribution in [-0.2, 0) is 12.6 Å². The van der Waals surface area contributed by atoms with Crippen molar-refractivity contribution in [3.8, 4) is 0 Å². The molecule has 7 heteroatoms. The van der Waals surface area contributed by atoms with Crippen molar-refractivity contribution in [3.63, 3.8) is 0 Å². The van der Waals surface area contributed by atoms with Crippen molar-refractivity contribution in [2.24, 2.45) is 0 Å². The lowest BCUT2D eigenvalue weighted by Gasteiger charge is -2.08. The van der Waals surface area contributed by atoms with Gasteiger partial charge in [0.15, 0.2) is 10.9 Å². The first kappa shape index (κ1) is 15.5. The molecule has 0 unspecified atom stereocenters. The summed E-state index contributed by atoms with van der Waals surface area (Å²) < 4.78 is 37.8. The fraction of sp³-hybridized carbons (Fsp3) is 0.214. The predicted molar refractivity (Wildman–Crippen MR) is 73.3 cm³/mol. The van der Waals surface area contributed by atoms with E-state index in [1.807, 2.05) is 6.26 Å². The molecule has 0 aliphatic rings. The zero-order valence-electron chi connectivity index (χ0n) is 11.0. The molecular formula is C14H11F3N2OS. The molecule has 1 aromatic heterocycles. The second-order valence-corrected chi connectivity index (χ2v) is 5.03. The van der Waals surface area contributed by atoms with E-state index in [9.17, 15) is 18.0 Å². The van der Waals surface area contributed by atoms with Crippen LogP contribution < -0.4 is 0 Å². The second kappa shape index (κ2) is 6.26. The van der Waals surface area contributed by atoms with Crippen LogP contribution in [0.1, 0.15) is 21.5 Å². The van der Waals surface area contributed by atoms with E-state index in [4.69, 9.17) is 0 Å². The average Bonchev–Trinajstić information content (AvgIpc) is 2.47. The summed E-state index contributed by atoms with van der Waals surface area (Å²) in [6.45, 7) is 0. The van der Waals surface area contributed by atoms with E-state index in [2.05, 4.69) is 9.97 Å². The highest BCUT2D eigenvalue weighted by molar-refractivity contribution is 7.98. The molecule has 1 aromatic carbocycles. The van der Waals surface area contributed by atoms with Crippen LogP contribution in [0.4, 0.5) is 13.2 Å². The summed E-state index contributed by atoms with van der Waals surface area (Å²) in [6.07, 6.45) is 0.340. The molecule has 2 rings (SSSR count). The van der Waals surface area contributed by atoms with Gasteiger partial charge in [0, 0.05) is 24.4 Å². The van der Waals surface area contributed by atoms with Gasteiger partial charge in [-0.1, -0.05) is 23.9 Å². The molecule has 0 atom stereocenters. The Morgan fingerprint density at radius 3 is 2.48 bits per heavy atom. The zero-order valence-corrected chi connectivity index (χ0v) is 11.8. The molecule has 0 aliphatic carbocycles. The first-order valence-electron chi connectivity index (χ1n) is 5.95. The molecule has 2 aromatic rings. The van der Waals surface area contributed by atoms with E-state index in [1.165, 1.54) is 36.3 Å². The molecule has 1 heterocycles. The van der Waals surface area contributed by atoms with Crippen molar-refractivity contribution in [3.05, 3.63) is 53.3 Å². The maximum atomic E-state index is 12.6. The number of nitrogens with zero attached hydrogens (tertiary/aromatic N) is 2. The van der Waals surface area contributed by atoms with E-state index >= 15 is 0 Å². The smallest absolute Gasteiger partial charge is 0.294 e. The summed E-state index contributed by atoms with van der Waals surface area (Å²) in [6, 6.07) is 4.39. The molecule has 0 aliphatic heterocycles. The molecule has 0 fully saturated rings. The number of carbonyl (C=O) groups excluding carboxylic acids is 1. The Bertz CT molecular complexity index is 641. The Kier molecular flexibility index (Phi) is 4.62. The molecular weight excluding hydrogens is 301 g/mol. The molecule has 0 bridgehead atoms. The summed E-state index contributed by atoms with van der Waals surface area (Å²) in [5, 5.41) is 0.574. The van der Waals surface area contributed by atoms with Crippen molar-refractivity contribution in [1.82, 2.24) is 9.97 Å². The highest BCUT2D eigenvalue weighted by Gasteiger charge is 2.30. The number of aromatic nitrogens is 2. The Hall–Kier alpha value is -1.89. The normalized spacial score (nSPS) is 11.4. The van der Waals surface area contributed by atoms with Crippen LogP contribution in [0.3, 0.4) is 0 Å². The van der Waals surface area contributed by atoms with Crippen molar-refractivity contribution in [2.45, 2.75) is 17.8 Å². The van der Waals surface area contributed by atoms with Crippen LogP contribution in [0.2, 0.25) is 0 Å². The summed E-state index contributed by atoms with van der Waals surface area (Å²) in [5.74, 6) is -0.401. The molecule has 0 amide bonds. The number of benzene rings is 1. The quantitative estimate of drug-likeness (QED) is 0.491. The number of rotatable bonds is 4. The standard InChI is InChI=1S/C14H11F3N2OS/c1-21-13-18-7-9(8-19-13)5-12(20)10-3-2-4-11(6-10)14(15,16)17/h2-4,6-8H,5H2,1H3. The number of alkyl halides is 3. The lowest BCUT2D eigenvalue weighted by atomic mass is 10.0. The summed E-state index contributed by atoms with van der Waals surface area (Å²) >= 11 is 1.37. The molecule has 0 radical (unpaired) electrons. The third-order valence-corrected chi connectivity index (χ3v) is 3.32. The Morgan fingerprint density at radius 1 is 1.24 bits per heavy atom. The minimum atomic E-state index is -4.46. The fourth-order valence-electron chi connectivity index (χ4n) is 1.70. The molecule has 110 valence electrons. The topological polar surface area (TPSA) is 42.9 Å². The SMILES string of the molecule is CSc1ncc(CC(=O)c2cccc(C(F)(F)F)c2)cn1. The summed E-state index contributed by atoms with van der Waals surface area (Å²) in [7, 11) is 0. The van der Waals surface area contributed by atoms with E-state index < -0.39 is 17.5 Å². The highest BCUT2D eigenvalue weighted by atomic mass is 32.2. The number of halogens is 3. The summed E-state index contributed by atoms with van der Waals surface area (Å²) in [4.78, 5) is 20.1. The van der Waals surface area contributed by atoms with Crippen molar-refractivity contribution in [2.75, 3.05) is 6.26 Å². The molecule has 0 saturated carbocycles. The van der Waals surface area contributed by atoms with Crippen molar-refractivity contribution in [1.29, 1.82) is 0 Å². The molecule has 21 heavy (non-hydrogen) atoms. The van der Waals surface area contributed by atoms with Crippen LogP contribution in [-0.4, -0.2) is 22.0 Å². The minimum absolute atomic E-state index is 0.0266. The van der Waals surface area contributed by atoms with E-state index in [1.54, 1.807) is 0 Å². The van der Waals surface area contributed by atoms with Crippen LogP contribution in [0.15, 0.2) is 41.8 Å². The van der Waals surface area contributed by atoms with Gasteiger partial charge >= 0.3 is 6.18 Å². The van der Waals surface area contributed by atoms with Gasteiger partial charge in [-0.25, -0.2) is 9.97 Å². The second-order valence-electron chi connectivity index (χ2n) is 4.26. The third-order valence-electron chi connectivity index (χ3n) is 2.74. The first-order chi connectivity index (χ1) is 9.90. The average molecular weight is 312 g/mol. The van der Waals surface area contributed by atoms with Gasteiger partial charge in [0.1, 0.15) is 0 Å². The van der Waals surface area contributed by atoms with Gasteiger partial charge in [0.2, 0.25) is 0 Å². The Morgan fingerprint density at radius 2 is 1.90 bits per heavy atom. The van der Waals surface area contributed by atoms with Crippen LogP contribution in [0, 0.1) is 0 Å². The predicted octanol–water partition coefficient (Wildman–Crippen LogP) is 3.64. The van der Waals surface area contributed by atoms with Crippen LogP contribution >= 0.6 is 11.8 Å². The monoisotopic (exact) mass is 312 g/mol. The van der Waals surface area contributed by atoms with Crippen molar-refractivity contribution >= 4 is 17.5 Å². The number of ketones is 1. The third kappa shape index (κ3) is 4.04. The van der Waals surface area contributed by atoms with E-state index in [-0.39, 0.29) is 12.0 Å². The van der Waals surface area contributed by atoms with Crippen molar-refractivity contribution < 1.29 is 18.0 Å². The maximum absolute atomic E-state index is 12.6. The molecule has 3 nitrogen and oxygen atoms in total. The van der Waals surface area contributed by atoms with Gasteiger partial charge < -0.3 is 0 Å². The number of Topliss-reactive ketones (excluding diaryl/α,β-unsaturated/α-hetero) is 1. The molecule has 0 saturated heterocycles. The van der Waals surface area contributed by atoms with Gasteiger partial charge in [-0.15, -0.1) is 0 Å². The van der Waals surface area contributed by atoms with Gasteiger partial charge in [-0.05, 0) is 24.0 Å².